The molecule has 1 N–H and O–H groups in total. The van der Waals surface area contributed by atoms with Crippen molar-refractivity contribution in [3.05, 3.63) is 59.7 Å². The number of piperidine rings is 1. The van der Waals surface area contributed by atoms with Gasteiger partial charge in [-0.05, 0) is 48.9 Å². The third-order valence-corrected chi connectivity index (χ3v) is 7.48. The summed E-state index contributed by atoms with van der Waals surface area (Å²) in [5.74, 6) is 0.381. The average Bonchev–Trinajstić information content (AvgIpc) is 2.79. The first-order valence-corrected chi connectivity index (χ1v) is 12.3. The van der Waals surface area contributed by atoms with Crippen LogP contribution in [0.25, 0.3) is 0 Å². The Morgan fingerprint density at radius 3 is 2.35 bits per heavy atom. The van der Waals surface area contributed by atoms with E-state index in [1.54, 1.807) is 6.07 Å². The van der Waals surface area contributed by atoms with Gasteiger partial charge in [-0.2, -0.15) is 4.31 Å². The van der Waals surface area contributed by atoms with Crippen molar-refractivity contribution in [3.8, 4) is 5.75 Å². The molecule has 6 nitrogen and oxygen atoms in total. The van der Waals surface area contributed by atoms with Crippen LogP contribution in [0.3, 0.4) is 0 Å². The van der Waals surface area contributed by atoms with Crippen molar-refractivity contribution >= 4 is 15.9 Å². The molecule has 0 unspecified atom stereocenters. The Bertz CT molecular complexity index is 984. The van der Waals surface area contributed by atoms with Crippen LogP contribution < -0.4 is 10.1 Å². The number of hydrogen-bond acceptors (Lipinski definition) is 4. The van der Waals surface area contributed by atoms with E-state index in [9.17, 15) is 13.2 Å². The zero-order chi connectivity index (χ0) is 22.4. The smallest absolute Gasteiger partial charge is 0.255 e. The summed E-state index contributed by atoms with van der Waals surface area (Å²) >= 11 is 0. The van der Waals surface area contributed by atoms with E-state index in [4.69, 9.17) is 4.74 Å². The van der Waals surface area contributed by atoms with Gasteiger partial charge in [-0.15, -0.1) is 0 Å². The van der Waals surface area contributed by atoms with Crippen LogP contribution in [0.15, 0.2) is 53.4 Å². The van der Waals surface area contributed by atoms with Crippen LogP contribution in [0.5, 0.6) is 5.75 Å². The molecule has 7 heteroatoms. The summed E-state index contributed by atoms with van der Waals surface area (Å²) in [4.78, 5) is 13.4. The second-order valence-corrected chi connectivity index (χ2v) is 10.3. The van der Waals surface area contributed by atoms with E-state index in [1.807, 2.05) is 30.3 Å². The number of sulfonamides is 1. The van der Waals surface area contributed by atoms with Gasteiger partial charge in [0, 0.05) is 13.1 Å². The summed E-state index contributed by atoms with van der Waals surface area (Å²) in [6.45, 7) is 5.24. The van der Waals surface area contributed by atoms with E-state index >= 15 is 0 Å². The maximum absolute atomic E-state index is 13.2. The van der Waals surface area contributed by atoms with Crippen molar-refractivity contribution < 1.29 is 17.9 Å². The van der Waals surface area contributed by atoms with Crippen LogP contribution in [-0.4, -0.2) is 38.8 Å². The maximum Gasteiger partial charge on any atom is 0.255 e. The Morgan fingerprint density at radius 2 is 1.74 bits per heavy atom. The van der Waals surface area contributed by atoms with Crippen molar-refractivity contribution in [3.63, 3.8) is 0 Å². The highest BCUT2D eigenvalue weighted by Gasteiger charge is 2.28. The fraction of sp³-hybridized carbons (Fsp3) is 0.458. The zero-order valence-electron chi connectivity index (χ0n) is 18.5. The molecule has 3 rings (SSSR count). The molecule has 0 bridgehead atoms. The van der Waals surface area contributed by atoms with Gasteiger partial charge < -0.3 is 10.1 Å². The molecule has 1 fully saturated rings. The van der Waals surface area contributed by atoms with Crippen LogP contribution in [0.4, 0.5) is 0 Å². The summed E-state index contributed by atoms with van der Waals surface area (Å²) in [5, 5.41) is 3.09. The molecule has 1 atom stereocenters. The molecule has 2 aromatic carbocycles. The number of hydrogen-bond donors (Lipinski definition) is 1. The first-order chi connectivity index (χ1) is 14.8. The van der Waals surface area contributed by atoms with Gasteiger partial charge in [-0.3, -0.25) is 4.79 Å². The van der Waals surface area contributed by atoms with Crippen molar-refractivity contribution in [2.24, 2.45) is 5.92 Å². The first-order valence-electron chi connectivity index (χ1n) is 10.9. The van der Waals surface area contributed by atoms with Gasteiger partial charge in [0.15, 0.2) is 0 Å². The van der Waals surface area contributed by atoms with Gasteiger partial charge in [-0.25, -0.2) is 8.42 Å². The van der Waals surface area contributed by atoms with Crippen LogP contribution >= 0.6 is 0 Å². The minimum absolute atomic E-state index is 0.125. The van der Waals surface area contributed by atoms with Gasteiger partial charge in [0.25, 0.3) is 5.91 Å². The summed E-state index contributed by atoms with van der Waals surface area (Å²) in [5.41, 5.74) is 1.24. The number of nitrogens with zero attached hydrogens (tertiary/aromatic N) is 1. The fourth-order valence-corrected chi connectivity index (χ4v) is 5.49. The van der Waals surface area contributed by atoms with Gasteiger partial charge in [-0.1, -0.05) is 50.6 Å². The highest BCUT2D eigenvalue weighted by molar-refractivity contribution is 7.89. The Hall–Kier alpha value is -2.38. The van der Waals surface area contributed by atoms with Gasteiger partial charge >= 0.3 is 0 Å². The van der Waals surface area contributed by atoms with E-state index in [2.05, 4.69) is 19.2 Å². The molecule has 1 aliphatic rings. The van der Waals surface area contributed by atoms with Crippen LogP contribution in [0.2, 0.25) is 0 Å². The van der Waals surface area contributed by atoms with Gasteiger partial charge in [0.1, 0.15) is 5.75 Å². The fourth-order valence-electron chi connectivity index (χ4n) is 3.95. The molecule has 31 heavy (non-hydrogen) atoms. The highest BCUT2D eigenvalue weighted by Crippen LogP contribution is 2.28. The number of methoxy groups -OCH3 is 1. The molecule has 1 aliphatic heterocycles. The Labute approximate surface area is 185 Å². The lowest BCUT2D eigenvalue weighted by Gasteiger charge is -2.26. The van der Waals surface area contributed by atoms with E-state index < -0.39 is 10.0 Å². The normalized spacial score (nSPS) is 16.1. The van der Waals surface area contributed by atoms with Crippen molar-refractivity contribution in [1.82, 2.24) is 9.62 Å². The quantitative estimate of drug-likeness (QED) is 0.655. The van der Waals surface area contributed by atoms with Crippen molar-refractivity contribution in [2.75, 3.05) is 20.2 Å². The number of rotatable bonds is 8. The molecule has 0 aromatic heterocycles. The maximum atomic E-state index is 13.2. The summed E-state index contributed by atoms with van der Waals surface area (Å²) < 4.78 is 33.1. The van der Waals surface area contributed by atoms with E-state index in [0.717, 1.165) is 31.2 Å². The number of carbonyl (C=O) groups is 1. The van der Waals surface area contributed by atoms with Gasteiger partial charge in [0.2, 0.25) is 10.0 Å². The first kappa shape index (κ1) is 23.3. The van der Waals surface area contributed by atoms with E-state index in [1.165, 1.54) is 23.5 Å². The van der Waals surface area contributed by atoms with E-state index in [0.29, 0.717) is 24.8 Å². The average molecular weight is 445 g/mol. The predicted molar refractivity (Wildman–Crippen MR) is 122 cm³/mol. The molecule has 0 spiro atoms. The number of benzene rings is 2. The molecule has 168 valence electrons. The monoisotopic (exact) mass is 444 g/mol. The molecule has 2 aromatic rings. The second kappa shape index (κ2) is 10.3. The summed E-state index contributed by atoms with van der Waals surface area (Å²) in [6, 6.07) is 14.1. The number of carbonyl (C=O) groups excluding carboxylic acids is 1. The minimum atomic E-state index is -3.64. The molecule has 0 saturated carbocycles. The largest absolute Gasteiger partial charge is 0.496 e. The third-order valence-electron chi connectivity index (χ3n) is 5.58. The highest BCUT2D eigenvalue weighted by atomic mass is 32.2. The predicted octanol–water partition coefficient (Wildman–Crippen LogP) is 4.39. The molecular weight excluding hydrogens is 412 g/mol. The standard InChI is InChI=1S/C24H32N2O4S/c1-18(2)16-22(19-10-6-4-7-11-19)25-24(27)21-17-20(12-13-23(21)30-3)31(28,29)26-14-8-5-9-15-26/h4,6-7,10-13,17-18,22H,5,8-9,14-16H2,1-3H3,(H,25,27)/t22-/m1/s1. The summed E-state index contributed by atoms with van der Waals surface area (Å²) in [7, 11) is -2.17. The van der Waals surface area contributed by atoms with E-state index in [-0.39, 0.29) is 22.4 Å². The molecule has 1 heterocycles. The lowest BCUT2D eigenvalue weighted by atomic mass is 9.96. The second-order valence-electron chi connectivity index (χ2n) is 8.39. The molecular formula is C24H32N2O4S. The van der Waals surface area contributed by atoms with Crippen LogP contribution in [0, 0.1) is 5.92 Å². The minimum Gasteiger partial charge on any atom is -0.496 e. The lowest BCUT2D eigenvalue weighted by molar-refractivity contribution is 0.0928. The van der Waals surface area contributed by atoms with Crippen molar-refractivity contribution in [2.45, 2.75) is 50.5 Å². The third kappa shape index (κ3) is 5.66. The molecule has 1 saturated heterocycles. The molecule has 0 aliphatic carbocycles. The molecule has 0 radical (unpaired) electrons. The van der Waals surface area contributed by atoms with Crippen molar-refractivity contribution in [1.29, 1.82) is 0 Å². The zero-order valence-corrected chi connectivity index (χ0v) is 19.3. The number of ether oxygens (including phenoxy) is 1. The van der Waals surface area contributed by atoms with Crippen LogP contribution in [0.1, 0.15) is 61.5 Å². The summed E-state index contributed by atoms with van der Waals surface area (Å²) in [6.07, 6.45) is 3.52. The Kier molecular flexibility index (Phi) is 7.73. The Balaban J connectivity index is 1.91. The topological polar surface area (TPSA) is 75.7 Å². The lowest BCUT2D eigenvalue weighted by Crippen LogP contribution is -2.36. The number of nitrogens with one attached hydrogen (secondary N) is 1. The Morgan fingerprint density at radius 1 is 1.06 bits per heavy atom. The van der Waals surface area contributed by atoms with Crippen LogP contribution in [-0.2, 0) is 10.0 Å². The SMILES string of the molecule is COc1ccc(S(=O)(=O)N2CCCCC2)cc1C(=O)N[C@H](CC(C)C)c1ccccc1. The number of amides is 1. The van der Waals surface area contributed by atoms with Gasteiger partial charge in [0.05, 0.1) is 23.6 Å². The molecule has 1 amide bonds.